The van der Waals surface area contributed by atoms with Crippen LogP contribution in [0.2, 0.25) is 0 Å². The zero-order chi connectivity index (χ0) is 15.0. The fourth-order valence-electron chi connectivity index (χ4n) is 1.81. The van der Waals surface area contributed by atoms with Crippen LogP contribution in [-0.4, -0.2) is 36.2 Å². The highest BCUT2D eigenvalue weighted by molar-refractivity contribution is 5.78. The van der Waals surface area contributed by atoms with Gasteiger partial charge < -0.3 is 15.7 Å². The molecule has 4 nitrogen and oxygen atoms in total. The van der Waals surface area contributed by atoms with Gasteiger partial charge in [-0.15, -0.1) is 0 Å². The minimum atomic E-state index is -0.0995. The molecule has 1 aromatic carbocycles. The molecule has 0 aromatic heterocycles. The van der Waals surface area contributed by atoms with Crippen molar-refractivity contribution in [3.8, 4) is 0 Å². The molecular weight excluding hydrogens is 252 g/mol. The van der Waals surface area contributed by atoms with Crippen molar-refractivity contribution in [1.82, 2.24) is 10.6 Å². The molecule has 0 bridgehead atoms. The highest BCUT2D eigenvalue weighted by atomic mass is 16.3. The van der Waals surface area contributed by atoms with Crippen molar-refractivity contribution in [2.45, 2.75) is 39.3 Å². The van der Waals surface area contributed by atoms with E-state index in [0.29, 0.717) is 12.3 Å². The van der Waals surface area contributed by atoms with Gasteiger partial charge in [0.2, 0.25) is 5.91 Å². The Morgan fingerprint density at radius 3 is 2.40 bits per heavy atom. The normalized spacial score (nSPS) is 14.1. The van der Waals surface area contributed by atoms with Crippen molar-refractivity contribution in [2.24, 2.45) is 5.92 Å². The lowest BCUT2D eigenvalue weighted by atomic mass is 10.1. The molecule has 0 fully saturated rings. The Morgan fingerprint density at radius 1 is 1.20 bits per heavy atom. The summed E-state index contributed by atoms with van der Waals surface area (Å²) in [5.74, 6) is 0.384. The Kier molecular flexibility index (Phi) is 7.26. The van der Waals surface area contributed by atoms with Crippen LogP contribution in [0.5, 0.6) is 0 Å². The molecule has 1 rings (SSSR count). The number of amides is 1. The van der Waals surface area contributed by atoms with Crippen LogP contribution in [0.25, 0.3) is 0 Å². The first-order chi connectivity index (χ1) is 9.52. The molecule has 0 spiro atoms. The topological polar surface area (TPSA) is 61.4 Å². The molecule has 2 unspecified atom stereocenters. The van der Waals surface area contributed by atoms with Crippen molar-refractivity contribution in [3.05, 3.63) is 35.9 Å². The Bertz CT molecular complexity index is 393. The zero-order valence-corrected chi connectivity index (χ0v) is 12.6. The molecule has 0 aliphatic heterocycles. The van der Waals surface area contributed by atoms with Crippen LogP contribution >= 0.6 is 0 Å². The molecule has 0 radical (unpaired) electrons. The number of benzene rings is 1. The molecule has 0 aliphatic carbocycles. The molecule has 0 aliphatic rings. The van der Waals surface area contributed by atoms with E-state index in [0.717, 1.165) is 5.56 Å². The maximum Gasteiger partial charge on any atom is 0.234 e. The van der Waals surface area contributed by atoms with Crippen LogP contribution in [0, 0.1) is 5.92 Å². The SMILES string of the molecule is CC(C)C(C)NC(=O)CNC(CO)Cc1ccccc1. The molecule has 112 valence electrons. The van der Waals surface area contributed by atoms with Crippen molar-refractivity contribution < 1.29 is 9.90 Å². The number of hydrogen-bond donors (Lipinski definition) is 3. The van der Waals surface area contributed by atoms with Gasteiger partial charge >= 0.3 is 0 Å². The third-order valence-corrected chi connectivity index (χ3v) is 3.49. The van der Waals surface area contributed by atoms with Crippen LogP contribution in [0.4, 0.5) is 0 Å². The van der Waals surface area contributed by atoms with Gasteiger partial charge in [-0.05, 0) is 24.8 Å². The summed E-state index contributed by atoms with van der Waals surface area (Å²) in [5.41, 5.74) is 1.15. The second kappa shape index (κ2) is 8.72. The number of carbonyl (C=O) groups excluding carboxylic acids is 1. The molecule has 1 amide bonds. The van der Waals surface area contributed by atoms with E-state index in [1.54, 1.807) is 0 Å². The van der Waals surface area contributed by atoms with Crippen LogP contribution in [0.1, 0.15) is 26.3 Å². The predicted molar refractivity (Wildman–Crippen MR) is 81.5 cm³/mol. The Hall–Kier alpha value is -1.39. The molecule has 20 heavy (non-hydrogen) atoms. The Labute approximate surface area is 121 Å². The number of carbonyl (C=O) groups is 1. The minimum Gasteiger partial charge on any atom is -0.395 e. The van der Waals surface area contributed by atoms with Gasteiger partial charge in [-0.3, -0.25) is 4.79 Å². The van der Waals surface area contributed by atoms with Crippen molar-refractivity contribution in [2.75, 3.05) is 13.2 Å². The number of aliphatic hydroxyl groups excluding tert-OH is 1. The van der Waals surface area contributed by atoms with Crippen molar-refractivity contribution in [3.63, 3.8) is 0 Å². The second-order valence-corrected chi connectivity index (χ2v) is 5.55. The van der Waals surface area contributed by atoms with Crippen LogP contribution in [-0.2, 0) is 11.2 Å². The monoisotopic (exact) mass is 278 g/mol. The molecule has 1 aromatic rings. The molecule has 3 N–H and O–H groups in total. The number of nitrogens with one attached hydrogen (secondary N) is 2. The standard InChI is InChI=1S/C16H26N2O2/c1-12(2)13(3)18-16(20)10-17-15(11-19)9-14-7-5-4-6-8-14/h4-8,12-13,15,17,19H,9-11H2,1-3H3,(H,18,20). The summed E-state index contributed by atoms with van der Waals surface area (Å²) in [6, 6.07) is 10.0. The number of rotatable bonds is 8. The van der Waals surface area contributed by atoms with E-state index in [9.17, 15) is 9.90 Å². The summed E-state index contributed by atoms with van der Waals surface area (Å²) in [7, 11) is 0. The lowest BCUT2D eigenvalue weighted by Crippen LogP contribution is -2.45. The van der Waals surface area contributed by atoms with Crippen LogP contribution < -0.4 is 10.6 Å². The molecule has 4 heteroatoms. The molecule has 0 saturated carbocycles. The van der Waals surface area contributed by atoms with Gasteiger partial charge in [-0.25, -0.2) is 0 Å². The van der Waals surface area contributed by atoms with Gasteiger partial charge in [0, 0.05) is 12.1 Å². The fraction of sp³-hybridized carbons (Fsp3) is 0.562. The average molecular weight is 278 g/mol. The van der Waals surface area contributed by atoms with Crippen molar-refractivity contribution in [1.29, 1.82) is 0 Å². The first-order valence-electron chi connectivity index (χ1n) is 7.20. The van der Waals surface area contributed by atoms with E-state index in [4.69, 9.17) is 0 Å². The summed E-state index contributed by atoms with van der Waals surface area (Å²) in [4.78, 5) is 11.8. The minimum absolute atomic E-state index is 0.0158. The smallest absolute Gasteiger partial charge is 0.234 e. The third kappa shape index (κ3) is 6.17. The van der Waals surface area contributed by atoms with E-state index >= 15 is 0 Å². The summed E-state index contributed by atoms with van der Waals surface area (Å²) in [6.07, 6.45) is 0.713. The highest BCUT2D eigenvalue weighted by Crippen LogP contribution is 2.03. The Morgan fingerprint density at radius 2 is 1.85 bits per heavy atom. The molecule has 2 atom stereocenters. The average Bonchev–Trinajstić information content (AvgIpc) is 2.44. The fourth-order valence-corrected chi connectivity index (χ4v) is 1.81. The summed E-state index contributed by atoms with van der Waals surface area (Å²) < 4.78 is 0. The molecule has 0 heterocycles. The second-order valence-electron chi connectivity index (χ2n) is 5.55. The summed E-state index contributed by atoms with van der Waals surface area (Å²) in [6.45, 7) is 6.39. The quantitative estimate of drug-likeness (QED) is 0.672. The zero-order valence-electron chi connectivity index (χ0n) is 12.6. The van der Waals surface area contributed by atoms with E-state index in [-0.39, 0.29) is 31.1 Å². The van der Waals surface area contributed by atoms with E-state index in [1.807, 2.05) is 37.3 Å². The maximum absolute atomic E-state index is 11.8. The molecular formula is C16H26N2O2. The number of hydrogen-bond acceptors (Lipinski definition) is 3. The predicted octanol–water partition coefficient (Wildman–Crippen LogP) is 1.34. The van der Waals surface area contributed by atoms with Crippen molar-refractivity contribution >= 4 is 5.91 Å². The van der Waals surface area contributed by atoms with Gasteiger partial charge in [-0.2, -0.15) is 0 Å². The van der Waals surface area contributed by atoms with Crippen LogP contribution in [0.15, 0.2) is 30.3 Å². The largest absolute Gasteiger partial charge is 0.395 e. The highest BCUT2D eigenvalue weighted by Gasteiger charge is 2.13. The first-order valence-corrected chi connectivity index (χ1v) is 7.20. The summed E-state index contributed by atoms with van der Waals surface area (Å²) >= 11 is 0. The maximum atomic E-state index is 11.8. The van der Waals surface area contributed by atoms with Gasteiger partial charge in [0.25, 0.3) is 0 Å². The Balaban J connectivity index is 2.36. The van der Waals surface area contributed by atoms with E-state index in [2.05, 4.69) is 24.5 Å². The van der Waals surface area contributed by atoms with Gasteiger partial charge in [0.1, 0.15) is 0 Å². The first kappa shape index (κ1) is 16.7. The van der Waals surface area contributed by atoms with Gasteiger partial charge in [0.05, 0.1) is 13.2 Å². The van der Waals surface area contributed by atoms with E-state index in [1.165, 1.54) is 0 Å². The number of aliphatic hydroxyl groups is 1. The van der Waals surface area contributed by atoms with E-state index < -0.39 is 0 Å². The van der Waals surface area contributed by atoms with Crippen LogP contribution in [0.3, 0.4) is 0 Å². The lowest BCUT2D eigenvalue weighted by Gasteiger charge is -2.20. The van der Waals surface area contributed by atoms with Gasteiger partial charge in [-0.1, -0.05) is 44.2 Å². The third-order valence-electron chi connectivity index (χ3n) is 3.49. The lowest BCUT2D eigenvalue weighted by molar-refractivity contribution is -0.121. The van der Waals surface area contributed by atoms with Gasteiger partial charge in [0.15, 0.2) is 0 Å². The molecule has 0 saturated heterocycles. The summed E-state index contributed by atoms with van der Waals surface area (Å²) in [5, 5.41) is 15.4.